The number of ether oxygens (including phenoxy) is 2. The first-order valence-electron chi connectivity index (χ1n) is 6.99. The van der Waals surface area contributed by atoms with E-state index in [1.807, 2.05) is 19.9 Å². The molecule has 1 aliphatic rings. The van der Waals surface area contributed by atoms with Gasteiger partial charge in [-0.2, -0.15) is 0 Å². The van der Waals surface area contributed by atoms with Gasteiger partial charge in [0.05, 0.1) is 5.69 Å². The molecule has 1 heterocycles. The Morgan fingerprint density at radius 2 is 2.10 bits per heavy atom. The Morgan fingerprint density at radius 3 is 2.65 bits per heavy atom. The first-order valence-corrected chi connectivity index (χ1v) is 6.99. The van der Waals surface area contributed by atoms with Gasteiger partial charge in [-0.05, 0) is 19.4 Å². The van der Waals surface area contributed by atoms with E-state index in [4.69, 9.17) is 13.9 Å². The van der Waals surface area contributed by atoms with Gasteiger partial charge in [0.25, 0.3) is 0 Å². The first-order chi connectivity index (χ1) is 9.66. The Bertz CT molecular complexity index is 490. The Balaban J connectivity index is 1.97. The minimum atomic E-state index is -0.446. The van der Waals surface area contributed by atoms with E-state index in [1.54, 1.807) is 20.5 Å². The molecule has 0 atom stereocenters. The van der Waals surface area contributed by atoms with Crippen molar-refractivity contribution in [2.45, 2.75) is 44.8 Å². The van der Waals surface area contributed by atoms with E-state index in [0.29, 0.717) is 5.92 Å². The SMILES string of the molecule is C/C=C\C(=C/C)Cc1coc(C2CC(OC)(OC)C2)n1. The van der Waals surface area contributed by atoms with Crippen LogP contribution >= 0.6 is 0 Å². The summed E-state index contributed by atoms with van der Waals surface area (Å²) >= 11 is 0. The quantitative estimate of drug-likeness (QED) is 0.588. The lowest BCUT2D eigenvalue weighted by atomic mass is 9.78. The molecule has 0 spiro atoms. The van der Waals surface area contributed by atoms with Crippen LogP contribution in [-0.4, -0.2) is 25.0 Å². The summed E-state index contributed by atoms with van der Waals surface area (Å²) in [5.41, 5.74) is 2.21. The van der Waals surface area contributed by atoms with Gasteiger partial charge in [0, 0.05) is 39.4 Å². The van der Waals surface area contributed by atoms with Crippen LogP contribution in [0.4, 0.5) is 0 Å². The third kappa shape index (κ3) is 3.02. The minimum absolute atomic E-state index is 0.291. The molecule has 0 aromatic carbocycles. The van der Waals surface area contributed by atoms with Gasteiger partial charge >= 0.3 is 0 Å². The Morgan fingerprint density at radius 1 is 1.40 bits per heavy atom. The maximum absolute atomic E-state index is 5.60. The topological polar surface area (TPSA) is 44.5 Å². The average molecular weight is 277 g/mol. The lowest BCUT2D eigenvalue weighted by molar-refractivity contribution is -0.259. The van der Waals surface area contributed by atoms with Crippen LogP contribution in [-0.2, 0) is 15.9 Å². The molecule has 1 saturated carbocycles. The highest BCUT2D eigenvalue weighted by Gasteiger charge is 2.47. The second kappa shape index (κ2) is 6.37. The fraction of sp³-hybridized carbons (Fsp3) is 0.562. The molecule has 0 unspecified atom stereocenters. The molecule has 20 heavy (non-hydrogen) atoms. The monoisotopic (exact) mass is 277 g/mol. The highest BCUT2D eigenvalue weighted by Crippen LogP contribution is 2.46. The van der Waals surface area contributed by atoms with E-state index in [-0.39, 0.29) is 0 Å². The van der Waals surface area contributed by atoms with Crippen LogP contribution in [0.15, 0.2) is 34.5 Å². The zero-order valence-corrected chi connectivity index (χ0v) is 12.7. The molecular weight excluding hydrogens is 254 g/mol. The summed E-state index contributed by atoms with van der Waals surface area (Å²) in [6.45, 7) is 4.05. The summed E-state index contributed by atoms with van der Waals surface area (Å²) < 4.78 is 16.4. The van der Waals surface area contributed by atoms with Crippen molar-refractivity contribution in [3.05, 3.63) is 41.6 Å². The molecule has 4 nitrogen and oxygen atoms in total. The normalized spacial score (nSPS) is 19.5. The number of oxazole rings is 1. The van der Waals surface area contributed by atoms with Crippen LogP contribution in [0.2, 0.25) is 0 Å². The van der Waals surface area contributed by atoms with Crippen LogP contribution in [0, 0.1) is 0 Å². The molecule has 1 aliphatic carbocycles. The average Bonchev–Trinajstić information content (AvgIpc) is 2.86. The molecule has 1 aromatic rings. The Hall–Kier alpha value is -1.39. The molecule has 1 aromatic heterocycles. The van der Waals surface area contributed by atoms with Crippen molar-refractivity contribution >= 4 is 0 Å². The van der Waals surface area contributed by atoms with Crippen LogP contribution < -0.4 is 0 Å². The number of allylic oxidation sites excluding steroid dienone is 4. The summed E-state index contributed by atoms with van der Waals surface area (Å²) in [5.74, 6) is 0.638. The van der Waals surface area contributed by atoms with Gasteiger partial charge in [0.1, 0.15) is 6.26 Å². The van der Waals surface area contributed by atoms with Gasteiger partial charge in [0.15, 0.2) is 11.7 Å². The molecule has 2 rings (SSSR count). The van der Waals surface area contributed by atoms with E-state index in [1.165, 1.54) is 5.57 Å². The molecule has 0 aliphatic heterocycles. The summed E-state index contributed by atoms with van der Waals surface area (Å²) in [5, 5.41) is 0. The van der Waals surface area contributed by atoms with Crippen molar-refractivity contribution in [1.29, 1.82) is 0 Å². The second-order valence-electron chi connectivity index (χ2n) is 5.14. The van der Waals surface area contributed by atoms with Crippen molar-refractivity contribution in [1.82, 2.24) is 4.98 Å². The summed E-state index contributed by atoms with van der Waals surface area (Å²) in [6.07, 6.45) is 10.4. The second-order valence-corrected chi connectivity index (χ2v) is 5.14. The van der Waals surface area contributed by atoms with Crippen LogP contribution in [0.3, 0.4) is 0 Å². The Labute approximate surface area is 120 Å². The van der Waals surface area contributed by atoms with E-state index in [2.05, 4.69) is 17.1 Å². The highest BCUT2D eigenvalue weighted by molar-refractivity contribution is 5.23. The van der Waals surface area contributed by atoms with Crippen LogP contribution in [0.25, 0.3) is 0 Å². The lowest BCUT2D eigenvalue weighted by Gasteiger charge is -2.43. The summed E-state index contributed by atoms with van der Waals surface area (Å²) in [7, 11) is 3.35. The van der Waals surface area contributed by atoms with Gasteiger partial charge in [0.2, 0.25) is 0 Å². The van der Waals surface area contributed by atoms with Gasteiger partial charge < -0.3 is 13.9 Å². The number of nitrogens with zero attached hydrogens (tertiary/aromatic N) is 1. The molecule has 1 fully saturated rings. The smallest absolute Gasteiger partial charge is 0.197 e. The fourth-order valence-corrected chi connectivity index (χ4v) is 2.55. The standard InChI is InChI=1S/C16H23NO3/c1-5-7-12(6-2)8-14-11-20-15(17-14)13-9-16(10-13,18-3)19-4/h5-7,11,13H,8-10H2,1-4H3/b7-5-,12-6+. The summed E-state index contributed by atoms with van der Waals surface area (Å²) in [4.78, 5) is 4.58. The third-order valence-electron chi connectivity index (χ3n) is 3.91. The predicted octanol–water partition coefficient (Wildman–Crippen LogP) is 3.61. The van der Waals surface area contributed by atoms with Crippen LogP contribution in [0.1, 0.15) is 44.2 Å². The number of hydrogen-bond donors (Lipinski definition) is 0. The zero-order valence-electron chi connectivity index (χ0n) is 12.7. The van der Waals surface area contributed by atoms with E-state index < -0.39 is 5.79 Å². The third-order valence-corrected chi connectivity index (χ3v) is 3.91. The van der Waals surface area contributed by atoms with Gasteiger partial charge in [-0.3, -0.25) is 0 Å². The fourth-order valence-electron chi connectivity index (χ4n) is 2.55. The molecular formula is C16H23NO3. The molecule has 0 saturated heterocycles. The Kier molecular flexibility index (Phi) is 4.78. The number of rotatable bonds is 6. The number of methoxy groups -OCH3 is 2. The van der Waals surface area contributed by atoms with Crippen LogP contribution in [0.5, 0.6) is 0 Å². The minimum Gasteiger partial charge on any atom is -0.448 e. The zero-order chi connectivity index (χ0) is 14.6. The maximum atomic E-state index is 5.60. The predicted molar refractivity (Wildman–Crippen MR) is 77.5 cm³/mol. The van der Waals surface area contributed by atoms with Crippen molar-refractivity contribution < 1.29 is 13.9 Å². The first kappa shape index (κ1) is 15.0. The molecule has 0 bridgehead atoms. The van der Waals surface area contributed by atoms with Crippen molar-refractivity contribution in [3.63, 3.8) is 0 Å². The van der Waals surface area contributed by atoms with Crippen molar-refractivity contribution in [2.75, 3.05) is 14.2 Å². The number of hydrogen-bond acceptors (Lipinski definition) is 4. The molecule has 110 valence electrons. The molecule has 0 amide bonds. The molecule has 0 N–H and O–H groups in total. The van der Waals surface area contributed by atoms with Gasteiger partial charge in [-0.1, -0.05) is 18.2 Å². The lowest BCUT2D eigenvalue weighted by Crippen LogP contribution is -2.46. The van der Waals surface area contributed by atoms with Gasteiger partial charge in [-0.25, -0.2) is 4.98 Å². The maximum Gasteiger partial charge on any atom is 0.197 e. The largest absolute Gasteiger partial charge is 0.448 e. The summed E-state index contributed by atoms with van der Waals surface area (Å²) in [6, 6.07) is 0. The van der Waals surface area contributed by atoms with Crippen molar-refractivity contribution in [3.8, 4) is 0 Å². The van der Waals surface area contributed by atoms with E-state index in [0.717, 1.165) is 30.8 Å². The highest BCUT2D eigenvalue weighted by atomic mass is 16.7. The number of aromatic nitrogens is 1. The van der Waals surface area contributed by atoms with Gasteiger partial charge in [-0.15, -0.1) is 0 Å². The molecule has 0 radical (unpaired) electrons. The van der Waals surface area contributed by atoms with Crippen molar-refractivity contribution in [2.24, 2.45) is 0 Å². The van der Waals surface area contributed by atoms with E-state index in [9.17, 15) is 0 Å². The molecule has 4 heteroatoms. The van der Waals surface area contributed by atoms with E-state index >= 15 is 0 Å².